The highest BCUT2D eigenvalue weighted by Crippen LogP contribution is 2.57. The van der Waals surface area contributed by atoms with Crippen LogP contribution < -0.4 is 0 Å². The van der Waals surface area contributed by atoms with Crippen LogP contribution in [0.3, 0.4) is 0 Å². The van der Waals surface area contributed by atoms with Crippen molar-refractivity contribution < 1.29 is 14.0 Å². The maximum atomic E-state index is 13.1. The Morgan fingerprint density at radius 3 is 2.08 bits per heavy atom. The first kappa shape index (κ1) is 33.4. The first-order chi connectivity index (χ1) is 16.7. The Kier molecular flexibility index (Phi) is 14.0. The molecule has 0 aromatic rings. The molecule has 1 saturated heterocycles. The number of allylic oxidation sites excluding steroid dienone is 3. The van der Waals surface area contributed by atoms with Crippen LogP contribution in [0.15, 0.2) is 24.3 Å². The molecule has 1 rings (SSSR count). The number of cyclic esters (lactones) is 1. The number of unbranched alkanes of at least 4 members (excludes halogenated alkanes) is 6. The molecule has 1 aliphatic rings. The van der Waals surface area contributed by atoms with Crippen LogP contribution in [-0.2, 0) is 14.0 Å². The Morgan fingerprint density at radius 2 is 1.53 bits per heavy atom. The highest BCUT2D eigenvalue weighted by molar-refractivity contribution is 6.83. The molecule has 0 aromatic carbocycles. The molecule has 1 heterocycles. The summed E-state index contributed by atoms with van der Waals surface area (Å²) in [6, 6.07) is 0. The fourth-order valence-corrected chi connectivity index (χ4v) is 9.21. The van der Waals surface area contributed by atoms with E-state index in [1.165, 1.54) is 44.9 Å². The minimum atomic E-state index is -1.94. The van der Waals surface area contributed by atoms with Gasteiger partial charge in [-0.25, -0.2) is 0 Å². The first-order valence-electron chi connectivity index (χ1n) is 14.9. The Bertz CT molecular complexity index is 700. The molecule has 0 spiro atoms. The predicted octanol–water partition coefficient (Wildman–Crippen LogP) is 10.2. The molecule has 0 aliphatic carbocycles. The summed E-state index contributed by atoms with van der Waals surface area (Å²) in [6.45, 7) is 23.2. The fraction of sp³-hybridized carbons (Fsp3) is 0.839. The van der Waals surface area contributed by atoms with Gasteiger partial charge in [0.2, 0.25) is 0 Å². The van der Waals surface area contributed by atoms with E-state index in [1.807, 2.05) is 0 Å². The molecule has 3 atom stereocenters. The van der Waals surface area contributed by atoms with E-state index in [0.29, 0.717) is 0 Å². The van der Waals surface area contributed by atoms with E-state index < -0.39 is 16.4 Å². The Hall–Kier alpha value is -0.656. The molecule has 0 radical (unpaired) electrons. The molecule has 0 aromatic heterocycles. The third-order valence-corrected chi connectivity index (χ3v) is 16.6. The standard InChI is InChI=1S/C31H60O3Si2/c1-11-13-15-17-18-19-20-21-22-24-27(34-36(9,10)30(3,4)5)26-28-31(29(32)33-28,35(6,7)8)25-23-16-14-12-2/h18-19,21-22,27-28H,11-17,20,23-26H2,1-10H3/b19-18-,22-21-/t27-,28-,31-/m1/s1. The molecule has 1 fully saturated rings. The van der Waals surface area contributed by atoms with Crippen LogP contribution in [0.2, 0.25) is 42.8 Å². The van der Waals surface area contributed by atoms with Gasteiger partial charge in [0.15, 0.2) is 8.32 Å². The monoisotopic (exact) mass is 536 g/mol. The molecule has 0 saturated carbocycles. The highest BCUT2D eigenvalue weighted by atomic mass is 28.4. The van der Waals surface area contributed by atoms with E-state index in [9.17, 15) is 4.79 Å². The third kappa shape index (κ3) is 9.58. The second kappa shape index (κ2) is 15.1. The van der Waals surface area contributed by atoms with Crippen molar-refractivity contribution in [2.75, 3.05) is 0 Å². The summed E-state index contributed by atoms with van der Waals surface area (Å²) in [5.74, 6) is 0.0676. The average molecular weight is 537 g/mol. The number of hydrogen-bond acceptors (Lipinski definition) is 3. The summed E-state index contributed by atoms with van der Waals surface area (Å²) in [6.07, 6.45) is 22.8. The van der Waals surface area contributed by atoms with Gasteiger partial charge in [-0.15, -0.1) is 0 Å². The fourth-order valence-electron chi connectivity index (χ4n) is 5.09. The lowest BCUT2D eigenvalue weighted by molar-refractivity contribution is -0.185. The Labute approximate surface area is 227 Å². The van der Waals surface area contributed by atoms with E-state index in [4.69, 9.17) is 9.16 Å². The van der Waals surface area contributed by atoms with E-state index in [-0.39, 0.29) is 28.3 Å². The van der Waals surface area contributed by atoms with Crippen molar-refractivity contribution in [1.82, 2.24) is 0 Å². The summed E-state index contributed by atoms with van der Waals surface area (Å²) < 4.78 is 12.9. The summed E-state index contributed by atoms with van der Waals surface area (Å²) >= 11 is 0. The molecule has 0 bridgehead atoms. The van der Waals surface area contributed by atoms with Crippen molar-refractivity contribution in [3.63, 3.8) is 0 Å². The Balaban J connectivity index is 2.96. The van der Waals surface area contributed by atoms with Crippen molar-refractivity contribution in [2.45, 2.75) is 167 Å². The van der Waals surface area contributed by atoms with E-state index in [1.54, 1.807) is 0 Å². The van der Waals surface area contributed by atoms with Crippen LogP contribution >= 0.6 is 0 Å². The largest absolute Gasteiger partial charge is 0.461 e. The quantitative estimate of drug-likeness (QED) is 0.0756. The van der Waals surface area contributed by atoms with E-state index >= 15 is 0 Å². The average Bonchev–Trinajstić information content (AvgIpc) is 2.75. The van der Waals surface area contributed by atoms with Crippen LogP contribution in [0, 0.1) is 0 Å². The summed E-state index contributed by atoms with van der Waals surface area (Å²) in [7, 11) is -3.72. The second-order valence-corrected chi connectivity index (χ2v) is 23.7. The molecule has 1 aliphatic heterocycles. The number of rotatable bonds is 18. The first-order valence-corrected chi connectivity index (χ1v) is 21.3. The molecule has 36 heavy (non-hydrogen) atoms. The van der Waals surface area contributed by atoms with Crippen molar-refractivity contribution in [3.8, 4) is 0 Å². The van der Waals surface area contributed by atoms with Gasteiger partial charge in [-0.3, -0.25) is 4.79 Å². The van der Waals surface area contributed by atoms with Crippen molar-refractivity contribution in [2.24, 2.45) is 0 Å². The lowest BCUT2D eigenvalue weighted by Gasteiger charge is -2.55. The van der Waals surface area contributed by atoms with Gasteiger partial charge in [0, 0.05) is 6.42 Å². The Morgan fingerprint density at radius 1 is 0.917 bits per heavy atom. The van der Waals surface area contributed by atoms with Gasteiger partial charge >= 0.3 is 5.97 Å². The van der Waals surface area contributed by atoms with Gasteiger partial charge in [0.1, 0.15) is 6.10 Å². The lowest BCUT2D eigenvalue weighted by Crippen LogP contribution is -2.63. The molecule has 210 valence electrons. The lowest BCUT2D eigenvalue weighted by atomic mass is 9.85. The molecule has 3 nitrogen and oxygen atoms in total. The number of esters is 1. The molecule has 0 amide bonds. The maximum absolute atomic E-state index is 13.1. The zero-order valence-corrected chi connectivity index (χ0v) is 27.7. The maximum Gasteiger partial charge on any atom is 0.313 e. The van der Waals surface area contributed by atoms with Crippen LogP contribution in [0.25, 0.3) is 0 Å². The van der Waals surface area contributed by atoms with Crippen LogP contribution in [-0.4, -0.2) is 34.6 Å². The van der Waals surface area contributed by atoms with Crippen molar-refractivity contribution in [3.05, 3.63) is 24.3 Å². The van der Waals surface area contributed by atoms with Crippen molar-refractivity contribution >= 4 is 22.4 Å². The van der Waals surface area contributed by atoms with Crippen LogP contribution in [0.1, 0.15) is 112 Å². The summed E-state index contributed by atoms with van der Waals surface area (Å²) in [5, 5.41) is -0.108. The normalized spacial score (nSPS) is 22.3. The molecular weight excluding hydrogens is 477 g/mol. The summed E-state index contributed by atoms with van der Waals surface area (Å²) in [4.78, 5) is 13.1. The van der Waals surface area contributed by atoms with Gasteiger partial charge in [-0.2, -0.15) is 0 Å². The number of ether oxygens (including phenoxy) is 1. The SMILES string of the molecule is CCCCC/C=C\C/C=C\C[C@H](C[C@H]1OC(=O)[C@]1(CCCCCC)[Si](C)(C)C)O[Si](C)(C)C(C)(C)C. The molecule has 5 heteroatoms. The number of carbonyl (C=O) groups excluding carboxylic acids is 1. The number of hydrogen-bond donors (Lipinski definition) is 0. The van der Waals surface area contributed by atoms with Gasteiger partial charge in [0.05, 0.1) is 19.2 Å². The van der Waals surface area contributed by atoms with Gasteiger partial charge in [0.25, 0.3) is 0 Å². The zero-order valence-electron chi connectivity index (χ0n) is 25.7. The molecule has 0 N–H and O–H groups in total. The van der Waals surface area contributed by atoms with Gasteiger partial charge < -0.3 is 9.16 Å². The highest BCUT2D eigenvalue weighted by Gasteiger charge is 2.64. The van der Waals surface area contributed by atoms with Gasteiger partial charge in [-0.1, -0.05) is 117 Å². The minimum Gasteiger partial charge on any atom is -0.461 e. The molecule has 0 unspecified atom stereocenters. The third-order valence-electron chi connectivity index (χ3n) is 8.65. The van der Waals surface area contributed by atoms with Crippen LogP contribution in [0.4, 0.5) is 0 Å². The zero-order chi connectivity index (χ0) is 27.5. The molecular formula is C31H60O3Si2. The minimum absolute atomic E-state index is 0.0000713. The number of carbonyl (C=O) groups is 1. The smallest absolute Gasteiger partial charge is 0.313 e. The van der Waals surface area contributed by atoms with Crippen molar-refractivity contribution in [1.29, 1.82) is 0 Å². The van der Waals surface area contributed by atoms with E-state index in [2.05, 4.69) is 91.7 Å². The van der Waals surface area contributed by atoms with Crippen LogP contribution in [0.5, 0.6) is 0 Å². The second-order valence-electron chi connectivity index (χ2n) is 13.6. The van der Waals surface area contributed by atoms with Gasteiger partial charge in [-0.05, 0) is 50.2 Å². The topological polar surface area (TPSA) is 35.5 Å². The predicted molar refractivity (Wildman–Crippen MR) is 163 cm³/mol. The summed E-state index contributed by atoms with van der Waals surface area (Å²) in [5.41, 5.74) is 0. The van der Waals surface area contributed by atoms with E-state index in [0.717, 1.165) is 32.1 Å².